The van der Waals surface area contributed by atoms with Gasteiger partial charge in [0.25, 0.3) is 5.56 Å². The summed E-state index contributed by atoms with van der Waals surface area (Å²) in [6, 6.07) is 9.10. The molecule has 0 spiro atoms. The highest BCUT2D eigenvalue weighted by Crippen LogP contribution is 2.16. The maximum Gasteiger partial charge on any atom is 0.277 e. The zero-order valence-electron chi connectivity index (χ0n) is 14.8. The second-order valence-electron chi connectivity index (χ2n) is 6.72. The standard InChI is InChI=1S/C18H22N4O2S/c1-12(2)16-11-21(17-9-13(3)20-22(17)18(16)23)10-14-5-7-15(8-6-14)25(4,19)24/h5-9,11-12,19H,10H2,1-4H3/t25-/m0/s1. The first-order chi connectivity index (χ1) is 11.7. The summed E-state index contributed by atoms with van der Waals surface area (Å²) in [6.07, 6.45) is 3.31. The van der Waals surface area contributed by atoms with Crippen molar-refractivity contribution < 1.29 is 4.21 Å². The Balaban J connectivity index is 2.09. The first kappa shape index (κ1) is 17.4. The van der Waals surface area contributed by atoms with Crippen LogP contribution in [0.1, 0.15) is 36.6 Å². The lowest BCUT2D eigenvalue weighted by Gasteiger charge is -2.13. The Kier molecular flexibility index (Phi) is 4.28. The molecule has 0 unspecified atom stereocenters. The van der Waals surface area contributed by atoms with Gasteiger partial charge in [-0.05, 0) is 30.5 Å². The summed E-state index contributed by atoms with van der Waals surface area (Å²) in [5.41, 5.74) is 3.18. The van der Waals surface area contributed by atoms with E-state index in [-0.39, 0.29) is 11.5 Å². The molecule has 0 radical (unpaired) electrons. The van der Waals surface area contributed by atoms with Crippen molar-refractivity contribution >= 4 is 15.4 Å². The number of aryl methyl sites for hydroxylation is 1. The molecule has 6 nitrogen and oxygen atoms in total. The Hall–Kier alpha value is -2.41. The van der Waals surface area contributed by atoms with Gasteiger partial charge in [-0.25, -0.2) is 8.99 Å². The molecule has 0 aliphatic carbocycles. The van der Waals surface area contributed by atoms with E-state index in [0.29, 0.717) is 11.4 Å². The predicted molar refractivity (Wildman–Crippen MR) is 98.9 cm³/mol. The molecular formula is C18H22N4O2S. The fourth-order valence-electron chi connectivity index (χ4n) is 2.83. The van der Waals surface area contributed by atoms with E-state index in [4.69, 9.17) is 4.78 Å². The summed E-state index contributed by atoms with van der Waals surface area (Å²) in [4.78, 5) is 13.1. The van der Waals surface area contributed by atoms with E-state index < -0.39 is 9.73 Å². The number of nitrogens with one attached hydrogen (secondary N) is 1. The van der Waals surface area contributed by atoms with E-state index in [1.54, 1.807) is 12.1 Å². The highest BCUT2D eigenvalue weighted by molar-refractivity contribution is 7.91. The SMILES string of the molecule is Cc1cc2n(Cc3ccc([S@@](C)(=N)=O)cc3)cc(C(C)C)c(=O)n2n1. The van der Waals surface area contributed by atoms with Gasteiger partial charge in [0.05, 0.1) is 15.4 Å². The lowest BCUT2D eigenvalue weighted by molar-refractivity contribution is 0.678. The number of aromatic nitrogens is 3. The molecule has 0 saturated carbocycles. The van der Waals surface area contributed by atoms with Crippen LogP contribution in [0.4, 0.5) is 0 Å². The van der Waals surface area contributed by atoms with E-state index in [1.165, 1.54) is 10.8 Å². The van der Waals surface area contributed by atoms with Crippen molar-refractivity contribution in [3.8, 4) is 0 Å². The molecule has 0 saturated heterocycles. The zero-order valence-corrected chi connectivity index (χ0v) is 15.6. The molecule has 132 valence electrons. The fraction of sp³-hybridized carbons (Fsp3) is 0.333. The van der Waals surface area contributed by atoms with Crippen molar-refractivity contribution in [2.45, 2.75) is 38.1 Å². The third-order valence-corrected chi connectivity index (χ3v) is 5.36. The highest BCUT2D eigenvalue weighted by atomic mass is 32.2. The van der Waals surface area contributed by atoms with Crippen LogP contribution in [0.15, 0.2) is 46.2 Å². The summed E-state index contributed by atoms with van der Waals surface area (Å²) in [5, 5.41) is 4.32. The molecule has 3 aromatic rings. The number of hydrogen-bond donors (Lipinski definition) is 1. The van der Waals surface area contributed by atoms with Gasteiger partial charge in [0.1, 0.15) is 5.65 Å². The Labute approximate surface area is 147 Å². The average Bonchev–Trinajstić information content (AvgIpc) is 2.92. The first-order valence-corrected chi connectivity index (χ1v) is 10.1. The minimum Gasteiger partial charge on any atom is -0.328 e. The summed E-state index contributed by atoms with van der Waals surface area (Å²) in [6.45, 7) is 6.42. The highest BCUT2D eigenvalue weighted by Gasteiger charge is 2.14. The Morgan fingerprint density at radius 2 is 1.88 bits per heavy atom. The smallest absolute Gasteiger partial charge is 0.277 e. The molecule has 7 heteroatoms. The summed E-state index contributed by atoms with van der Waals surface area (Å²) in [5.74, 6) is 0.100. The number of fused-ring (bicyclic) bond motifs is 1. The molecule has 0 bridgehead atoms. The average molecular weight is 358 g/mol. The Morgan fingerprint density at radius 1 is 1.24 bits per heavy atom. The van der Waals surface area contributed by atoms with E-state index >= 15 is 0 Å². The maximum absolute atomic E-state index is 12.6. The lowest BCUT2D eigenvalue weighted by Crippen LogP contribution is -2.24. The van der Waals surface area contributed by atoms with Gasteiger partial charge in [0, 0.05) is 35.5 Å². The van der Waals surface area contributed by atoms with Gasteiger partial charge in [-0.3, -0.25) is 4.79 Å². The Morgan fingerprint density at radius 3 is 2.44 bits per heavy atom. The van der Waals surface area contributed by atoms with Gasteiger partial charge in [0.15, 0.2) is 0 Å². The monoisotopic (exact) mass is 358 g/mol. The number of rotatable bonds is 4. The summed E-state index contributed by atoms with van der Waals surface area (Å²) < 4.78 is 22.9. The number of nitrogens with zero attached hydrogens (tertiary/aromatic N) is 3. The van der Waals surface area contributed by atoms with E-state index in [2.05, 4.69) is 5.10 Å². The van der Waals surface area contributed by atoms with Crippen LogP contribution in [-0.4, -0.2) is 24.6 Å². The van der Waals surface area contributed by atoms with Gasteiger partial charge in [-0.15, -0.1) is 0 Å². The minimum absolute atomic E-state index is 0.0791. The van der Waals surface area contributed by atoms with Crippen molar-refractivity contribution in [1.82, 2.24) is 14.2 Å². The third-order valence-electron chi connectivity index (χ3n) is 4.19. The molecular weight excluding hydrogens is 336 g/mol. The Bertz CT molecular complexity index is 1090. The normalized spacial score (nSPS) is 14.1. The van der Waals surface area contributed by atoms with Gasteiger partial charge < -0.3 is 4.57 Å². The van der Waals surface area contributed by atoms with Crippen molar-refractivity contribution in [2.75, 3.05) is 6.26 Å². The van der Waals surface area contributed by atoms with Gasteiger partial charge in [-0.2, -0.15) is 9.61 Å². The van der Waals surface area contributed by atoms with Gasteiger partial charge >= 0.3 is 0 Å². The summed E-state index contributed by atoms with van der Waals surface area (Å²) in [7, 11) is -2.71. The van der Waals surface area contributed by atoms with Crippen molar-refractivity contribution in [2.24, 2.45) is 0 Å². The quantitative estimate of drug-likeness (QED) is 0.778. The predicted octanol–water partition coefficient (Wildman–Crippen LogP) is 3.01. The molecule has 25 heavy (non-hydrogen) atoms. The van der Waals surface area contributed by atoms with E-state index in [1.807, 2.05) is 49.7 Å². The first-order valence-electron chi connectivity index (χ1n) is 8.09. The zero-order chi connectivity index (χ0) is 18.4. The molecule has 1 aromatic carbocycles. The van der Waals surface area contributed by atoms with Crippen LogP contribution in [0.25, 0.3) is 5.65 Å². The van der Waals surface area contributed by atoms with E-state index in [0.717, 1.165) is 22.5 Å². The molecule has 1 N–H and O–H groups in total. The fourth-order valence-corrected chi connectivity index (χ4v) is 3.48. The maximum atomic E-state index is 12.6. The van der Waals surface area contributed by atoms with Crippen molar-refractivity contribution in [1.29, 1.82) is 4.78 Å². The molecule has 1 atom stereocenters. The molecule has 0 fully saturated rings. The minimum atomic E-state index is -2.71. The van der Waals surface area contributed by atoms with Crippen LogP contribution in [0, 0.1) is 11.7 Å². The molecule has 0 aliphatic rings. The topological polar surface area (TPSA) is 80.2 Å². The molecule has 2 aromatic heterocycles. The van der Waals surface area contributed by atoms with Crippen molar-refractivity contribution in [3.63, 3.8) is 0 Å². The summed E-state index contributed by atoms with van der Waals surface area (Å²) >= 11 is 0. The van der Waals surface area contributed by atoms with E-state index in [9.17, 15) is 9.00 Å². The second-order valence-corrected chi connectivity index (χ2v) is 8.87. The third kappa shape index (κ3) is 3.37. The number of hydrogen-bond acceptors (Lipinski definition) is 4. The molecule has 3 rings (SSSR count). The number of benzene rings is 1. The molecule has 0 amide bonds. The molecule has 0 aliphatic heterocycles. The largest absolute Gasteiger partial charge is 0.328 e. The van der Waals surface area contributed by atoms with Crippen LogP contribution in [0.3, 0.4) is 0 Å². The van der Waals surface area contributed by atoms with Crippen LogP contribution in [0.2, 0.25) is 0 Å². The van der Waals surface area contributed by atoms with Crippen LogP contribution < -0.4 is 5.56 Å². The van der Waals surface area contributed by atoms with Crippen LogP contribution in [-0.2, 0) is 16.3 Å². The molecule has 2 heterocycles. The van der Waals surface area contributed by atoms with Gasteiger partial charge in [0.2, 0.25) is 0 Å². The lowest BCUT2D eigenvalue weighted by atomic mass is 10.1. The second kappa shape index (κ2) is 6.15. The van der Waals surface area contributed by atoms with Gasteiger partial charge in [-0.1, -0.05) is 26.0 Å². The van der Waals surface area contributed by atoms with Crippen LogP contribution in [0.5, 0.6) is 0 Å². The van der Waals surface area contributed by atoms with Crippen molar-refractivity contribution in [3.05, 3.63) is 63.7 Å². The van der Waals surface area contributed by atoms with Crippen LogP contribution >= 0.6 is 0 Å².